The first-order valence-electron chi connectivity index (χ1n) is 14.7. The first kappa shape index (κ1) is 29.5. The van der Waals surface area contributed by atoms with Crippen LogP contribution in [0.3, 0.4) is 0 Å². The van der Waals surface area contributed by atoms with Gasteiger partial charge < -0.3 is 15.0 Å². The van der Waals surface area contributed by atoms with Crippen LogP contribution in [0.25, 0.3) is 20.7 Å². The minimum Gasteiger partial charge on any atom is -0.486 e. The molecule has 0 bridgehead atoms. The highest BCUT2D eigenvalue weighted by Gasteiger charge is 2.21. The first-order chi connectivity index (χ1) is 20.9. The SMILES string of the molecule is CCc1c(-c2cn(CCN3CCN(C)CC3)nc2C)sc2ncnc(Nc3ccc(OCc4cccc(C)n4)c(Cl)c3)c12. The minimum absolute atomic E-state index is 0.351. The van der Waals surface area contributed by atoms with E-state index in [2.05, 4.69) is 61.8 Å². The molecule has 1 aromatic carbocycles. The van der Waals surface area contributed by atoms with Crippen LogP contribution in [0.1, 0.15) is 29.6 Å². The molecule has 224 valence electrons. The summed E-state index contributed by atoms with van der Waals surface area (Å²) in [6, 6.07) is 11.6. The lowest BCUT2D eigenvalue weighted by molar-refractivity contribution is 0.148. The summed E-state index contributed by atoms with van der Waals surface area (Å²) >= 11 is 8.32. The highest BCUT2D eigenvalue weighted by atomic mass is 35.5. The summed E-state index contributed by atoms with van der Waals surface area (Å²) in [5.74, 6) is 1.37. The van der Waals surface area contributed by atoms with E-state index in [1.807, 2.05) is 43.3 Å². The van der Waals surface area contributed by atoms with Crippen molar-refractivity contribution < 1.29 is 4.74 Å². The number of likely N-dealkylation sites (N-methyl/N-ethyl adjacent to an activating group) is 1. The summed E-state index contributed by atoms with van der Waals surface area (Å²) in [5, 5.41) is 9.93. The smallest absolute Gasteiger partial charge is 0.142 e. The molecule has 0 unspecified atom stereocenters. The van der Waals surface area contributed by atoms with Crippen molar-refractivity contribution in [2.24, 2.45) is 0 Å². The highest BCUT2D eigenvalue weighted by molar-refractivity contribution is 7.22. The standard InChI is InChI=1S/C32H37ClN8OS/c1-5-25-29-31(37-23-9-10-28(27(33)17-23)42-19-24-8-6-7-21(2)36-24)34-20-35-32(29)43-30(25)26-18-41(38-22(26)3)16-15-40-13-11-39(4)12-14-40/h6-10,17-18,20H,5,11-16,19H2,1-4H3,(H,34,35,37). The fraction of sp³-hybridized carbons (Fsp3) is 0.375. The third kappa shape index (κ3) is 6.67. The maximum Gasteiger partial charge on any atom is 0.142 e. The molecule has 5 aromatic rings. The number of thiophene rings is 1. The number of nitrogens with one attached hydrogen (secondary N) is 1. The topological polar surface area (TPSA) is 84.2 Å². The van der Waals surface area contributed by atoms with E-state index in [1.54, 1.807) is 17.7 Å². The minimum atomic E-state index is 0.351. The first-order valence-corrected chi connectivity index (χ1v) is 15.9. The number of ether oxygens (including phenoxy) is 1. The number of hydrogen-bond acceptors (Lipinski definition) is 9. The van der Waals surface area contributed by atoms with Crippen LogP contribution < -0.4 is 10.1 Å². The van der Waals surface area contributed by atoms with Crippen molar-refractivity contribution in [2.45, 2.75) is 40.3 Å². The number of fused-ring (bicyclic) bond motifs is 1. The number of halogens is 1. The van der Waals surface area contributed by atoms with Crippen LogP contribution in [0, 0.1) is 13.8 Å². The van der Waals surface area contributed by atoms with Gasteiger partial charge in [0.05, 0.1) is 28.3 Å². The molecule has 0 radical (unpaired) electrons. The van der Waals surface area contributed by atoms with Gasteiger partial charge in [0.1, 0.15) is 29.3 Å². The van der Waals surface area contributed by atoms with Crippen molar-refractivity contribution in [1.82, 2.24) is 34.5 Å². The van der Waals surface area contributed by atoms with Gasteiger partial charge in [-0.2, -0.15) is 5.10 Å². The van der Waals surface area contributed by atoms with E-state index < -0.39 is 0 Å². The van der Waals surface area contributed by atoms with Gasteiger partial charge in [-0.05, 0) is 63.2 Å². The largest absolute Gasteiger partial charge is 0.486 e. The molecule has 0 amide bonds. The molecule has 0 spiro atoms. The zero-order valence-electron chi connectivity index (χ0n) is 25.1. The second kappa shape index (κ2) is 13.0. The Morgan fingerprint density at radius 2 is 1.88 bits per heavy atom. The molecular formula is C32H37ClN8OS. The molecular weight excluding hydrogens is 580 g/mol. The maximum atomic E-state index is 6.62. The third-order valence-electron chi connectivity index (χ3n) is 7.89. The second-order valence-corrected chi connectivity index (χ2v) is 12.4. The lowest BCUT2D eigenvalue weighted by Crippen LogP contribution is -2.45. The van der Waals surface area contributed by atoms with E-state index in [1.165, 1.54) is 10.4 Å². The molecule has 43 heavy (non-hydrogen) atoms. The Kier molecular flexibility index (Phi) is 8.90. The molecule has 4 aromatic heterocycles. The van der Waals surface area contributed by atoms with Crippen LogP contribution in [-0.4, -0.2) is 74.3 Å². The monoisotopic (exact) mass is 616 g/mol. The van der Waals surface area contributed by atoms with Crippen LogP contribution in [0.4, 0.5) is 11.5 Å². The average molecular weight is 617 g/mol. The molecule has 0 atom stereocenters. The summed E-state index contributed by atoms with van der Waals surface area (Å²) in [7, 11) is 2.19. The third-order valence-corrected chi connectivity index (χ3v) is 9.36. The van der Waals surface area contributed by atoms with Gasteiger partial charge in [-0.25, -0.2) is 9.97 Å². The van der Waals surface area contributed by atoms with Crippen LogP contribution in [-0.2, 0) is 19.6 Å². The van der Waals surface area contributed by atoms with Gasteiger partial charge in [0.25, 0.3) is 0 Å². The predicted molar refractivity (Wildman–Crippen MR) is 175 cm³/mol. The molecule has 0 aliphatic carbocycles. The van der Waals surface area contributed by atoms with E-state index in [0.717, 1.165) is 90.1 Å². The Bertz CT molecular complexity index is 1730. The number of benzene rings is 1. The van der Waals surface area contributed by atoms with E-state index >= 15 is 0 Å². The quantitative estimate of drug-likeness (QED) is 0.194. The molecule has 6 rings (SSSR count). The Labute approximate surface area is 261 Å². The number of aryl methyl sites for hydroxylation is 3. The Hall–Kier alpha value is -3.57. The van der Waals surface area contributed by atoms with E-state index in [-0.39, 0.29) is 0 Å². The number of pyridine rings is 1. The summed E-state index contributed by atoms with van der Waals surface area (Å²) in [4.78, 5) is 20.8. The second-order valence-electron chi connectivity index (χ2n) is 11.0. The fourth-order valence-electron chi connectivity index (χ4n) is 5.47. The summed E-state index contributed by atoms with van der Waals surface area (Å²) in [6.07, 6.45) is 4.66. The zero-order chi connectivity index (χ0) is 29.9. The van der Waals surface area contributed by atoms with E-state index in [9.17, 15) is 0 Å². The van der Waals surface area contributed by atoms with Gasteiger partial charge in [-0.1, -0.05) is 24.6 Å². The molecule has 0 saturated carbocycles. The molecule has 11 heteroatoms. The summed E-state index contributed by atoms with van der Waals surface area (Å²) in [6.45, 7) is 13.0. The van der Waals surface area contributed by atoms with Gasteiger partial charge in [0.2, 0.25) is 0 Å². The van der Waals surface area contributed by atoms with E-state index in [0.29, 0.717) is 17.4 Å². The van der Waals surface area contributed by atoms with Crippen molar-refractivity contribution >= 4 is 44.7 Å². The van der Waals surface area contributed by atoms with Crippen molar-refractivity contribution in [2.75, 3.05) is 45.1 Å². The van der Waals surface area contributed by atoms with Crippen molar-refractivity contribution in [1.29, 1.82) is 0 Å². The molecule has 9 nitrogen and oxygen atoms in total. The van der Waals surface area contributed by atoms with Gasteiger partial charge >= 0.3 is 0 Å². The number of anilines is 2. The normalized spacial score (nSPS) is 14.4. The van der Waals surface area contributed by atoms with Crippen molar-refractivity contribution in [3.05, 3.63) is 76.6 Å². The van der Waals surface area contributed by atoms with Crippen molar-refractivity contribution in [3.8, 4) is 16.2 Å². The summed E-state index contributed by atoms with van der Waals surface area (Å²) in [5.41, 5.74) is 6.06. The number of aromatic nitrogens is 5. The summed E-state index contributed by atoms with van der Waals surface area (Å²) < 4.78 is 8.05. The lowest BCUT2D eigenvalue weighted by atomic mass is 10.1. The van der Waals surface area contributed by atoms with Gasteiger partial charge in [-0.15, -0.1) is 11.3 Å². The predicted octanol–water partition coefficient (Wildman–Crippen LogP) is 6.35. The Morgan fingerprint density at radius 3 is 2.65 bits per heavy atom. The van der Waals surface area contributed by atoms with Crippen LogP contribution in [0.5, 0.6) is 5.75 Å². The molecule has 1 fully saturated rings. The average Bonchev–Trinajstić information content (AvgIpc) is 3.56. The van der Waals surface area contributed by atoms with Crippen LogP contribution >= 0.6 is 22.9 Å². The molecule has 1 aliphatic heterocycles. The Balaban J connectivity index is 1.21. The zero-order valence-corrected chi connectivity index (χ0v) is 26.7. The van der Waals surface area contributed by atoms with Crippen molar-refractivity contribution in [3.63, 3.8) is 0 Å². The number of nitrogens with zero attached hydrogens (tertiary/aromatic N) is 7. The Morgan fingerprint density at radius 1 is 1.05 bits per heavy atom. The molecule has 5 heterocycles. The molecule has 1 aliphatic rings. The number of piperazine rings is 1. The van der Waals surface area contributed by atoms with Gasteiger partial charge in [-0.3, -0.25) is 14.6 Å². The van der Waals surface area contributed by atoms with Crippen LogP contribution in [0.15, 0.2) is 48.9 Å². The fourth-order valence-corrected chi connectivity index (χ4v) is 7.01. The van der Waals surface area contributed by atoms with E-state index in [4.69, 9.17) is 21.4 Å². The molecule has 1 saturated heterocycles. The maximum absolute atomic E-state index is 6.62. The van der Waals surface area contributed by atoms with Gasteiger partial charge in [0, 0.05) is 60.7 Å². The number of rotatable bonds is 10. The van der Waals surface area contributed by atoms with Crippen LogP contribution in [0.2, 0.25) is 5.02 Å². The number of hydrogen-bond donors (Lipinski definition) is 1. The lowest BCUT2D eigenvalue weighted by Gasteiger charge is -2.32. The molecule has 1 N–H and O–H groups in total. The highest BCUT2D eigenvalue weighted by Crippen LogP contribution is 2.42. The van der Waals surface area contributed by atoms with Gasteiger partial charge in [0.15, 0.2) is 0 Å².